The third-order valence-electron chi connectivity index (χ3n) is 5.77. The summed E-state index contributed by atoms with van der Waals surface area (Å²) >= 11 is 0. The highest BCUT2D eigenvalue weighted by molar-refractivity contribution is 5.98. The molecule has 0 aliphatic rings. The van der Waals surface area contributed by atoms with Gasteiger partial charge in [-0.3, -0.25) is 18.7 Å². The molecule has 0 spiro atoms. The number of aryl methyl sites for hydroxylation is 1. The molecule has 2 aromatic carbocycles. The fraction of sp³-hybridized carbons (Fsp3) is 0.240. The van der Waals surface area contributed by atoms with Crippen molar-refractivity contribution in [2.45, 2.75) is 13.0 Å². The fourth-order valence-corrected chi connectivity index (χ4v) is 3.96. The minimum atomic E-state index is -0.439. The van der Waals surface area contributed by atoms with Crippen molar-refractivity contribution in [2.24, 2.45) is 14.1 Å². The molecule has 4 rings (SSSR count). The van der Waals surface area contributed by atoms with Gasteiger partial charge in [0.05, 0.1) is 12.5 Å². The van der Waals surface area contributed by atoms with Gasteiger partial charge in [0.25, 0.3) is 11.5 Å². The van der Waals surface area contributed by atoms with E-state index in [4.69, 9.17) is 4.74 Å². The summed E-state index contributed by atoms with van der Waals surface area (Å²) in [6, 6.07) is 18.9. The molecule has 1 amide bonds. The molecule has 0 bridgehead atoms. The third kappa shape index (κ3) is 4.32. The van der Waals surface area contributed by atoms with Gasteiger partial charge in [-0.1, -0.05) is 42.5 Å². The van der Waals surface area contributed by atoms with Crippen molar-refractivity contribution in [3.63, 3.8) is 0 Å². The third-order valence-corrected chi connectivity index (χ3v) is 5.77. The van der Waals surface area contributed by atoms with Gasteiger partial charge in [-0.25, -0.2) is 4.79 Å². The Morgan fingerprint density at radius 2 is 1.64 bits per heavy atom. The number of fused-ring (bicyclic) bond motifs is 1. The van der Waals surface area contributed by atoms with E-state index in [0.717, 1.165) is 21.4 Å². The molecule has 0 aliphatic carbocycles. The maximum Gasteiger partial charge on any atom is 0.332 e. The normalized spacial score (nSPS) is 11.0. The van der Waals surface area contributed by atoms with Gasteiger partial charge in [-0.05, 0) is 35.7 Å². The lowest BCUT2D eigenvalue weighted by Gasteiger charge is -2.13. The zero-order valence-corrected chi connectivity index (χ0v) is 18.9. The van der Waals surface area contributed by atoms with Crippen LogP contribution >= 0.6 is 0 Å². The zero-order chi connectivity index (χ0) is 23.5. The average molecular weight is 447 g/mol. The first-order valence-electron chi connectivity index (χ1n) is 10.6. The molecule has 0 radical (unpaired) electrons. The van der Waals surface area contributed by atoms with Crippen LogP contribution in [0.2, 0.25) is 0 Å². The molecule has 0 saturated heterocycles. The predicted molar refractivity (Wildman–Crippen MR) is 127 cm³/mol. The van der Waals surface area contributed by atoms with Crippen LogP contribution in [0, 0.1) is 0 Å². The number of amides is 1. The minimum Gasteiger partial charge on any atom is -0.497 e. The molecule has 0 saturated carbocycles. The molecule has 4 aromatic rings. The highest BCUT2D eigenvalue weighted by Crippen LogP contribution is 2.18. The van der Waals surface area contributed by atoms with Crippen LogP contribution in [0.1, 0.15) is 21.6 Å². The van der Waals surface area contributed by atoms with Crippen LogP contribution in [-0.4, -0.2) is 33.3 Å². The Labute approximate surface area is 190 Å². The van der Waals surface area contributed by atoms with Crippen molar-refractivity contribution in [3.05, 3.63) is 98.3 Å². The molecular weight excluding hydrogens is 420 g/mol. The highest BCUT2D eigenvalue weighted by Gasteiger charge is 2.21. The summed E-state index contributed by atoms with van der Waals surface area (Å²) in [5, 5.41) is 3.27. The second-order valence-corrected chi connectivity index (χ2v) is 7.90. The Bertz CT molecular complexity index is 1410. The van der Waals surface area contributed by atoms with E-state index in [1.165, 1.54) is 11.6 Å². The van der Waals surface area contributed by atoms with Crippen molar-refractivity contribution < 1.29 is 9.53 Å². The minimum absolute atomic E-state index is 0.301. The van der Waals surface area contributed by atoms with Gasteiger partial charge in [0.2, 0.25) is 0 Å². The molecule has 2 aromatic heterocycles. The molecule has 170 valence electrons. The number of methoxy groups -OCH3 is 1. The Morgan fingerprint density at radius 3 is 2.30 bits per heavy atom. The Kier molecular flexibility index (Phi) is 6.17. The first kappa shape index (κ1) is 22.1. The number of nitrogens with one attached hydrogen (secondary N) is 1. The second-order valence-electron chi connectivity index (χ2n) is 7.90. The lowest BCUT2D eigenvalue weighted by atomic mass is 10.1. The first-order valence-corrected chi connectivity index (χ1v) is 10.6. The van der Waals surface area contributed by atoms with E-state index in [0.29, 0.717) is 36.2 Å². The van der Waals surface area contributed by atoms with Crippen molar-refractivity contribution in [2.75, 3.05) is 13.7 Å². The summed E-state index contributed by atoms with van der Waals surface area (Å²) in [6.45, 7) is 0.779. The monoisotopic (exact) mass is 446 g/mol. The number of benzene rings is 2. The SMILES string of the molecule is COc1ccc(CCNC(=O)c2cc3c(=O)n(C)c(=O)n(C)c3n2Cc2ccccc2)cc1. The van der Waals surface area contributed by atoms with E-state index in [2.05, 4.69) is 5.32 Å². The smallest absolute Gasteiger partial charge is 0.332 e. The van der Waals surface area contributed by atoms with E-state index in [1.54, 1.807) is 24.8 Å². The predicted octanol–water partition coefficient (Wildman–Crippen LogP) is 2.07. The van der Waals surface area contributed by atoms with Crippen molar-refractivity contribution in [1.82, 2.24) is 19.0 Å². The highest BCUT2D eigenvalue weighted by atomic mass is 16.5. The van der Waals surface area contributed by atoms with Crippen molar-refractivity contribution in [3.8, 4) is 5.75 Å². The number of carbonyl (C=O) groups is 1. The molecule has 2 heterocycles. The second kappa shape index (κ2) is 9.20. The number of ether oxygens (including phenoxy) is 1. The lowest BCUT2D eigenvalue weighted by Crippen LogP contribution is -2.37. The molecule has 0 fully saturated rings. The Morgan fingerprint density at radius 1 is 0.939 bits per heavy atom. The van der Waals surface area contributed by atoms with E-state index < -0.39 is 11.2 Å². The topological polar surface area (TPSA) is 87.3 Å². The largest absolute Gasteiger partial charge is 0.497 e. The van der Waals surface area contributed by atoms with Gasteiger partial charge in [0, 0.05) is 27.2 Å². The summed E-state index contributed by atoms with van der Waals surface area (Å²) in [4.78, 5) is 38.5. The standard InChI is InChI=1S/C25H26N4O4/c1-27-23-20(24(31)28(2)25(27)32)15-21(29(23)16-18-7-5-4-6-8-18)22(30)26-14-13-17-9-11-19(33-3)12-10-17/h4-12,15H,13-14,16H2,1-3H3,(H,26,30). The summed E-state index contributed by atoms with van der Waals surface area (Å²) in [6.07, 6.45) is 0.648. The molecule has 0 unspecified atom stereocenters. The molecule has 8 nitrogen and oxygen atoms in total. The maximum atomic E-state index is 13.2. The van der Waals surface area contributed by atoms with Gasteiger partial charge in [0.1, 0.15) is 17.1 Å². The summed E-state index contributed by atoms with van der Waals surface area (Å²) in [5.41, 5.74) is 1.92. The number of aromatic nitrogens is 3. The Balaban J connectivity index is 1.67. The van der Waals surface area contributed by atoms with Crippen LogP contribution in [0.4, 0.5) is 0 Å². The van der Waals surface area contributed by atoms with Crippen LogP contribution < -0.4 is 21.3 Å². The van der Waals surface area contributed by atoms with E-state index in [-0.39, 0.29) is 5.91 Å². The molecule has 8 heteroatoms. The molecule has 33 heavy (non-hydrogen) atoms. The van der Waals surface area contributed by atoms with Gasteiger partial charge in [-0.2, -0.15) is 0 Å². The molecular formula is C25H26N4O4. The van der Waals surface area contributed by atoms with Gasteiger partial charge in [0.15, 0.2) is 0 Å². The number of nitrogens with zero attached hydrogens (tertiary/aromatic N) is 3. The summed E-state index contributed by atoms with van der Waals surface area (Å²) < 4.78 is 9.37. The molecule has 1 N–H and O–H groups in total. The molecule has 0 atom stereocenters. The van der Waals surface area contributed by atoms with Crippen LogP contribution in [0.25, 0.3) is 11.0 Å². The summed E-state index contributed by atoms with van der Waals surface area (Å²) in [7, 11) is 4.66. The van der Waals surface area contributed by atoms with Gasteiger partial charge in [-0.15, -0.1) is 0 Å². The van der Waals surface area contributed by atoms with E-state index in [9.17, 15) is 14.4 Å². The summed E-state index contributed by atoms with van der Waals surface area (Å²) in [5.74, 6) is 0.477. The average Bonchev–Trinajstić information content (AvgIpc) is 3.21. The number of hydrogen-bond acceptors (Lipinski definition) is 4. The lowest BCUT2D eigenvalue weighted by molar-refractivity contribution is 0.0945. The fourth-order valence-electron chi connectivity index (χ4n) is 3.96. The quantitative estimate of drug-likeness (QED) is 0.471. The van der Waals surface area contributed by atoms with Gasteiger partial charge >= 0.3 is 5.69 Å². The van der Waals surface area contributed by atoms with Crippen LogP contribution in [0.5, 0.6) is 5.75 Å². The van der Waals surface area contributed by atoms with Gasteiger partial charge < -0.3 is 14.6 Å². The van der Waals surface area contributed by atoms with Crippen LogP contribution in [0.3, 0.4) is 0 Å². The van der Waals surface area contributed by atoms with E-state index in [1.807, 2.05) is 54.6 Å². The van der Waals surface area contributed by atoms with E-state index >= 15 is 0 Å². The van der Waals surface area contributed by atoms with Crippen LogP contribution in [0.15, 0.2) is 70.3 Å². The number of carbonyl (C=O) groups excluding carboxylic acids is 1. The van der Waals surface area contributed by atoms with Crippen LogP contribution in [-0.2, 0) is 27.1 Å². The zero-order valence-electron chi connectivity index (χ0n) is 18.9. The maximum absolute atomic E-state index is 13.2. The van der Waals surface area contributed by atoms with Crippen molar-refractivity contribution >= 4 is 16.9 Å². The number of hydrogen-bond donors (Lipinski definition) is 1. The molecule has 0 aliphatic heterocycles. The first-order chi connectivity index (χ1) is 15.9. The van der Waals surface area contributed by atoms with Crippen molar-refractivity contribution in [1.29, 1.82) is 0 Å². The number of rotatable bonds is 7. The Hall–Kier alpha value is -4.07.